The summed E-state index contributed by atoms with van der Waals surface area (Å²) in [6.45, 7) is 1.80. The van der Waals surface area contributed by atoms with Crippen molar-refractivity contribution < 1.29 is 19.1 Å². The number of phenols is 1. The fraction of sp³-hybridized carbons (Fsp3) is 0.138. The molecule has 2 aromatic carbocycles. The van der Waals surface area contributed by atoms with Crippen LogP contribution in [0, 0.1) is 18.8 Å². The Kier molecular flexibility index (Phi) is 9.25. The van der Waals surface area contributed by atoms with Gasteiger partial charge in [-0.1, -0.05) is 56.7 Å². The predicted molar refractivity (Wildman–Crippen MR) is 152 cm³/mol. The number of furan rings is 1. The van der Waals surface area contributed by atoms with Gasteiger partial charge in [0.25, 0.3) is 11.8 Å². The number of para-hydroxylation sites is 1. The zero-order chi connectivity index (χ0) is 26.9. The average molecular weight is 590 g/mol. The van der Waals surface area contributed by atoms with Gasteiger partial charge in [0.05, 0.1) is 16.7 Å². The van der Waals surface area contributed by atoms with Crippen molar-refractivity contribution in [3.05, 3.63) is 107 Å². The number of phenolic OH excluding ortho intramolecular Hbond substituents is 1. The Hall–Kier alpha value is -4.00. The van der Waals surface area contributed by atoms with Gasteiger partial charge in [0.1, 0.15) is 5.75 Å². The van der Waals surface area contributed by atoms with Crippen LogP contribution in [0.25, 0.3) is 0 Å². The number of carbonyl (C=O) groups is 2. The summed E-state index contributed by atoms with van der Waals surface area (Å²) in [4.78, 5) is 30.2. The van der Waals surface area contributed by atoms with E-state index in [9.17, 15) is 14.7 Å². The maximum absolute atomic E-state index is 13.0. The number of aryl methyl sites for hydroxylation is 1. The van der Waals surface area contributed by atoms with Gasteiger partial charge in [0, 0.05) is 45.9 Å². The van der Waals surface area contributed by atoms with Crippen molar-refractivity contribution in [3.8, 4) is 17.6 Å². The fourth-order valence-corrected chi connectivity index (χ4v) is 5.77. The Balaban J connectivity index is 1.53. The molecule has 2 amide bonds. The number of hydrogen-bond donors (Lipinski definition) is 2. The van der Waals surface area contributed by atoms with Crippen molar-refractivity contribution in [1.82, 2.24) is 4.98 Å². The molecular formula is C29H24BrN3O4S. The van der Waals surface area contributed by atoms with E-state index in [-0.39, 0.29) is 17.4 Å². The maximum Gasteiger partial charge on any atom is 0.291 e. The molecule has 0 spiro atoms. The lowest BCUT2D eigenvalue weighted by atomic mass is 10.1. The largest absolute Gasteiger partial charge is 0.507 e. The number of aromatic nitrogens is 1. The third-order valence-corrected chi connectivity index (χ3v) is 7.78. The van der Waals surface area contributed by atoms with Crippen molar-refractivity contribution in [1.29, 1.82) is 0 Å². The third kappa shape index (κ3) is 7.06. The smallest absolute Gasteiger partial charge is 0.291 e. The van der Waals surface area contributed by atoms with Crippen LogP contribution in [0.4, 0.5) is 5.69 Å². The Morgan fingerprint density at radius 1 is 1.08 bits per heavy atom. The summed E-state index contributed by atoms with van der Waals surface area (Å²) in [6, 6.07) is 17.4. The minimum absolute atomic E-state index is 0.123. The van der Waals surface area contributed by atoms with Crippen molar-refractivity contribution in [3.63, 3.8) is 0 Å². The van der Waals surface area contributed by atoms with Gasteiger partial charge in [-0.25, -0.2) is 0 Å². The van der Waals surface area contributed by atoms with E-state index in [1.165, 1.54) is 12.5 Å². The van der Waals surface area contributed by atoms with E-state index in [0.717, 1.165) is 17.3 Å². The van der Waals surface area contributed by atoms with Crippen molar-refractivity contribution in [2.45, 2.75) is 18.2 Å². The van der Waals surface area contributed by atoms with Gasteiger partial charge in [0.2, 0.25) is 0 Å². The summed E-state index contributed by atoms with van der Waals surface area (Å²) in [5, 5.41) is 13.9. The number of benzene rings is 2. The van der Waals surface area contributed by atoms with Crippen LogP contribution in [0.15, 0.2) is 93.0 Å². The van der Waals surface area contributed by atoms with Crippen LogP contribution < -0.4 is 5.32 Å². The van der Waals surface area contributed by atoms with E-state index < -0.39 is 16.6 Å². The summed E-state index contributed by atoms with van der Waals surface area (Å²) in [5.41, 5.74) is 2.88. The summed E-state index contributed by atoms with van der Waals surface area (Å²) >= 11 is 3.42. The van der Waals surface area contributed by atoms with Crippen LogP contribution in [0.1, 0.15) is 44.0 Å². The molecule has 1 atom stereocenters. The van der Waals surface area contributed by atoms with Gasteiger partial charge < -0.3 is 14.8 Å². The molecular weight excluding hydrogens is 566 g/mol. The summed E-state index contributed by atoms with van der Waals surface area (Å²) in [6.07, 6.45) is 5.31. The van der Waals surface area contributed by atoms with E-state index in [1.807, 2.05) is 12.1 Å². The number of hydrogen-bond acceptors (Lipinski definition) is 5. The van der Waals surface area contributed by atoms with E-state index in [4.69, 9.17) is 4.42 Å². The summed E-state index contributed by atoms with van der Waals surface area (Å²) in [5.74, 6) is 6.33. The third-order valence-electron chi connectivity index (χ3n) is 5.31. The molecule has 0 aliphatic rings. The highest BCUT2D eigenvalue weighted by atomic mass is 79.9. The number of rotatable bonds is 7. The fourth-order valence-electron chi connectivity index (χ4n) is 3.44. The van der Waals surface area contributed by atoms with Gasteiger partial charge in [-0.3, -0.25) is 14.6 Å². The Bertz CT molecular complexity index is 1570. The van der Waals surface area contributed by atoms with Crippen LogP contribution >= 0.6 is 15.9 Å². The molecule has 0 saturated heterocycles. The van der Waals surface area contributed by atoms with Crippen molar-refractivity contribution in [2.24, 2.45) is 4.36 Å². The van der Waals surface area contributed by atoms with E-state index in [0.29, 0.717) is 33.0 Å². The van der Waals surface area contributed by atoms with Crippen LogP contribution in [0.5, 0.6) is 5.75 Å². The average Bonchev–Trinajstić information content (AvgIpc) is 3.36. The molecule has 1 unspecified atom stereocenters. The lowest BCUT2D eigenvalue weighted by molar-refractivity contribution is 0.0991. The molecule has 0 radical (unpaired) electrons. The number of carbonyl (C=O) groups excluding carboxylic acids is 2. The van der Waals surface area contributed by atoms with Gasteiger partial charge in [-0.15, -0.1) is 0 Å². The number of anilines is 1. The van der Waals surface area contributed by atoms with Crippen molar-refractivity contribution >= 4 is 44.1 Å². The van der Waals surface area contributed by atoms with Gasteiger partial charge in [-0.05, 0) is 55.8 Å². The highest BCUT2D eigenvalue weighted by molar-refractivity contribution is 9.09. The second-order valence-corrected chi connectivity index (χ2v) is 10.7. The van der Waals surface area contributed by atoms with E-state index in [1.54, 1.807) is 61.7 Å². The second kappa shape index (κ2) is 13.0. The molecule has 2 aromatic heterocycles. The molecule has 0 aliphatic heterocycles. The highest BCUT2D eigenvalue weighted by Crippen LogP contribution is 2.23. The molecule has 4 rings (SSSR count). The number of amides is 2. The van der Waals surface area contributed by atoms with Crippen LogP contribution in [-0.2, 0) is 10.7 Å². The first-order valence-electron chi connectivity index (χ1n) is 11.7. The first kappa shape index (κ1) is 27.0. The van der Waals surface area contributed by atoms with Gasteiger partial charge in [0.15, 0.2) is 5.76 Å². The van der Waals surface area contributed by atoms with Crippen LogP contribution in [0.2, 0.25) is 0 Å². The maximum atomic E-state index is 13.0. The topological polar surface area (TPSA) is 105 Å². The Morgan fingerprint density at radius 2 is 1.89 bits per heavy atom. The highest BCUT2D eigenvalue weighted by Gasteiger charge is 2.13. The summed E-state index contributed by atoms with van der Waals surface area (Å²) < 4.78 is 9.66. The number of pyridine rings is 1. The summed E-state index contributed by atoms with van der Waals surface area (Å²) in [7, 11) is -0.800. The Morgan fingerprint density at radius 3 is 2.66 bits per heavy atom. The minimum atomic E-state index is -0.800. The second-order valence-electron chi connectivity index (χ2n) is 8.16. The van der Waals surface area contributed by atoms with Gasteiger partial charge >= 0.3 is 0 Å². The molecule has 192 valence electrons. The monoisotopic (exact) mass is 589 g/mol. The molecule has 0 fully saturated rings. The lowest BCUT2D eigenvalue weighted by Gasteiger charge is -2.09. The van der Waals surface area contributed by atoms with Gasteiger partial charge in [-0.2, -0.15) is 4.36 Å². The number of aromatic hydroxyl groups is 1. The minimum Gasteiger partial charge on any atom is -0.507 e. The molecule has 9 heteroatoms. The Labute approximate surface area is 231 Å². The molecule has 4 aromatic rings. The molecule has 7 nitrogen and oxygen atoms in total. The first-order chi connectivity index (χ1) is 18.4. The number of halogens is 1. The zero-order valence-corrected chi connectivity index (χ0v) is 22.9. The quantitative estimate of drug-likeness (QED) is 0.199. The number of nitrogens with one attached hydrogen (secondary N) is 1. The molecule has 2 heterocycles. The van der Waals surface area contributed by atoms with E-state index >= 15 is 0 Å². The normalized spacial score (nSPS) is 11.4. The number of alkyl halides is 1. The molecule has 0 aliphatic carbocycles. The lowest BCUT2D eigenvalue weighted by Crippen LogP contribution is -2.12. The number of nitrogens with zero attached hydrogens (tertiary/aromatic N) is 2. The van der Waals surface area contributed by atoms with Crippen LogP contribution in [-0.4, -0.2) is 33.0 Å². The van der Waals surface area contributed by atoms with Crippen molar-refractivity contribution in [2.75, 3.05) is 16.4 Å². The standard InChI is InChI=1S/C29H24BrN3O4S/c1-20-12-14-37-27(20)29(36)32-24-7-4-6-21(17-24)10-11-22-16-23(19-31-18-22)28(35)33-38(15-5-13-30)26-9-3-2-8-25(26)34/h2-4,6-9,12,14,16-19,34H,5,13,15H2,1H3,(H,32,36). The molecule has 0 saturated carbocycles. The first-order valence-corrected chi connectivity index (χ1v) is 14.2. The molecule has 0 bridgehead atoms. The zero-order valence-electron chi connectivity index (χ0n) is 20.5. The SMILES string of the molecule is Cc1ccoc1C(=O)Nc1cccc(C#Cc2cncc(C(=O)N=S(CCCBr)c3ccccc3O)c2)c1. The van der Waals surface area contributed by atoms with Crippen LogP contribution in [0.3, 0.4) is 0 Å². The predicted octanol–water partition coefficient (Wildman–Crippen LogP) is 6.13. The molecule has 38 heavy (non-hydrogen) atoms. The molecule has 2 N–H and O–H groups in total. The van der Waals surface area contributed by atoms with E-state index in [2.05, 4.69) is 42.4 Å².